The highest BCUT2D eigenvalue weighted by atomic mass is 16.3. The molecule has 1 saturated carbocycles. The van der Waals surface area contributed by atoms with Crippen LogP contribution in [0.25, 0.3) is 27.9 Å². The van der Waals surface area contributed by atoms with Crippen molar-refractivity contribution in [3.05, 3.63) is 46.9 Å². The number of aliphatic hydroxyl groups excluding tert-OH is 1. The Morgan fingerprint density at radius 1 is 1.24 bits per heavy atom. The van der Waals surface area contributed by atoms with Gasteiger partial charge in [0.25, 0.3) is 5.56 Å². The van der Waals surface area contributed by atoms with Crippen LogP contribution in [-0.2, 0) is 0 Å². The Bertz CT molecular complexity index is 1100. The zero-order valence-electron chi connectivity index (χ0n) is 16.9. The van der Waals surface area contributed by atoms with Crippen LogP contribution in [0.3, 0.4) is 0 Å². The fourth-order valence-corrected chi connectivity index (χ4v) is 4.19. The van der Waals surface area contributed by atoms with Gasteiger partial charge in [-0.25, -0.2) is 4.98 Å². The largest absolute Gasteiger partial charge is 0.393 e. The van der Waals surface area contributed by atoms with Gasteiger partial charge < -0.3 is 10.4 Å². The van der Waals surface area contributed by atoms with E-state index in [4.69, 9.17) is 4.98 Å². The molecular formula is C23H28N4O2. The molecule has 1 aliphatic carbocycles. The molecule has 152 valence electrons. The second-order valence-electron chi connectivity index (χ2n) is 7.86. The van der Waals surface area contributed by atoms with Crippen molar-refractivity contribution in [3.63, 3.8) is 0 Å². The summed E-state index contributed by atoms with van der Waals surface area (Å²) in [5, 5.41) is 15.6. The second-order valence-corrected chi connectivity index (χ2v) is 7.86. The third-order valence-electron chi connectivity index (χ3n) is 5.86. The molecule has 0 spiro atoms. The molecule has 4 rings (SSSR count). The molecule has 0 bridgehead atoms. The summed E-state index contributed by atoms with van der Waals surface area (Å²) in [6, 6.07) is 5.84. The highest BCUT2D eigenvalue weighted by Gasteiger charge is 2.25. The average Bonchev–Trinajstić information content (AvgIpc) is 2.75. The molecule has 1 aliphatic rings. The van der Waals surface area contributed by atoms with Crippen molar-refractivity contribution in [2.24, 2.45) is 0 Å². The molecule has 2 N–H and O–H groups in total. The topological polar surface area (TPSA) is 80.0 Å². The minimum Gasteiger partial charge on any atom is -0.393 e. The molecule has 0 saturated heterocycles. The standard InChI is InChI=1S/C23H28N4O2/c1-3-5-12-24-23-25-14-20-18-11-6-15(4-2)13-19(18)22(29)27(21(20)26-23)16-7-9-17(28)10-8-16/h4,6,11,13-14,16-17,28H,2-3,5,7-10,12H2,1H3,(H,24,25,26)/t16-,17-. The van der Waals surface area contributed by atoms with E-state index >= 15 is 0 Å². The van der Waals surface area contributed by atoms with Gasteiger partial charge in [-0.05, 0) is 49.1 Å². The molecule has 6 nitrogen and oxygen atoms in total. The summed E-state index contributed by atoms with van der Waals surface area (Å²) < 4.78 is 1.84. The van der Waals surface area contributed by atoms with Gasteiger partial charge >= 0.3 is 0 Å². The maximum absolute atomic E-state index is 13.5. The minimum atomic E-state index is -0.276. The number of hydrogen-bond acceptors (Lipinski definition) is 5. The second kappa shape index (κ2) is 8.33. The first-order valence-corrected chi connectivity index (χ1v) is 10.5. The van der Waals surface area contributed by atoms with Gasteiger partial charge in [-0.3, -0.25) is 9.36 Å². The number of fused-ring (bicyclic) bond motifs is 3. The normalized spacial score (nSPS) is 19.5. The van der Waals surface area contributed by atoms with E-state index in [-0.39, 0.29) is 17.7 Å². The Morgan fingerprint density at radius 2 is 2.03 bits per heavy atom. The lowest BCUT2D eigenvalue weighted by Gasteiger charge is -2.28. The molecule has 6 heteroatoms. The molecule has 0 radical (unpaired) electrons. The number of hydrogen-bond donors (Lipinski definition) is 2. The van der Waals surface area contributed by atoms with Gasteiger partial charge in [-0.15, -0.1) is 0 Å². The lowest BCUT2D eigenvalue weighted by Crippen LogP contribution is -2.30. The van der Waals surface area contributed by atoms with Crippen LogP contribution in [0.5, 0.6) is 0 Å². The summed E-state index contributed by atoms with van der Waals surface area (Å²) in [6.45, 7) is 6.77. The number of aromatic nitrogens is 3. The van der Waals surface area contributed by atoms with E-state index in [1.54, 1.807) is 6.08 Å². The van der Waals surface area contributed by atoms with E-state index in [2.05, 4.69) is 23.8 Å². The van der Waals surface area contributed by atoms with Crippen LogP contribution >= 0.6 is 0 Å². The molecule has 0 aliphatic heterocycles. The molecule has 2 heterocycles. The molecular weight excluding hydrogens is 364 g/mol. The Labute approximate surface area is 170 Å². The number of unbranched alkanes of at least 4 members (excludes halogenated alkanes) is 1. The van der Waals surface area contributed by atoms with Crippen LogP contribution in [0.2, 0.25) is 0 Å². The lowest BCUT2D eigenvalue weighted by atomic mass is 9.92. The fraction of sp³-hybridized carbons (Fsp3) is 0.435. The highest BCUT2D eigenvalue weighted by Crippen LogP contribution is 2.32. The highest BCUT2D eigenvalue weighted by molar-refractivity contribution is 6.04. The van der Waals surface area contributed by atoms with Gasteiger partial charge in [-0.1, -0.05) is 38.1 Å². The zero-order chi connectivity index (χ0) is 20.4. The SMILES string of the molecule is C=Cc1ccc2c(c1)c(=O)n([C@H]1CC[C@H](O)CC1)c1nc(NCCCC)ncc21. The zero-order valence-corrected chi connectivity index (χ0v) is 16.9. The van der Waals surface area contributed by atoms with Gasteiger partial charge in [0.15, 0.2) is 0 Å². The summed E-state index contributed by atoms with van der Waals surface area (Å²) in [5.74, 6) is 0.553. The van der Waals surface area contributed by atoms with Gasteiger partial charge in [0.05, 0.1) is 6.10 Å². The Morgan fingerprint density at radius 3 is 2.76 bits per heavy atom. The first kappa shape index (κ1) is 19.6. The maximum Gasteiger partial charge on any atom is 0.260 e. The third-order valence-corrected chi connectivity index (χ3v) is 5.86. The van der Waals surface area contributed by atoms with Crippen molar-refractivity contribution in [1.29, 1.82) is 0 Å². The smallest absolute Gasteiger partial charge is 0.260 e. The quantitative estimate of drug-likeness (QED) is 0.484. The maximum atomic E-state index is 13.5. The molecule has 3 aromatic rings. The van der Waals surface area contributed by atoms with Crippen LogP contribution < -0.4 is 10.9 Å². The Kier molecular flexibility index (Phi) is 5.62. The summed E-state index contributed by atoms with van der Waals surface area (Å²) in [7, 11) is 0. The van der Waals surface area contributed by atoms with Crippen LogP contribution in [0, 0.1) is 0 Å². The molecule has 29 heavy (non-hydrogen) atoms. The van der Waals surface area contributed by atoms with Gasteiger partial charge in [0.2, 0.25) is 5.95 Å². The summed E-state index contributed by atoms with van der Waals surface area (Å²) in [4.78, 5) is 22.8. The number of anilines is 1. The molecule has 1 aromatic carbocycles. The molecule has 2 aromatic heterocycles. The van der Waals surface area contributed by atoms with Crippen LogP contribution in [0.1, 0.15) is 57.1 Å². The van der Waals surface area contributed by atoms with Crippen molar-refractivity contribution >= 4 is 33.8 Å². The van der Waals surface area contributed by atoms with E-state index < -0.39 is 0 Å². The van der Waals surface area contributed by atoms with Gasteiger partial charge in [0, 0.05) is 29.6 Å². The van der Waals surface area contributed by atoms with E-state index in [1.165, 1.54) is 0 Å². The fourth-order valence-electron chi connectivity index (χ4n) is 4.19. The predicted molar refractivity (Wildman–Crippen MR) is 118 cm³/mol. The number of aliphatic hydroxyl groups is 1. The van der Waals surface area contributed by atoms with Gasteiger partial charge in [-0.2, -0.15) is 4.98 Å². The summed E-state index contributed by atoms with van der Waals surface area (Å²) in [5.41, 5.74) is 1.55. The lowest BCUT2D eigenvalue weighted by molar-refractivity contribution is 0.111. The van der Waals surface area contributed by atoms with E-state index in [9.17, 15) is 9.90 Å². The van der Waals surface area contributed by atoms with E-state index in [0.29, 0.717) is 29.8 Å². The van der Waals surface area contributed by atoms with E-state index in [1.807, 2.05) is 29.0 Å². The van der Waals surface area contributed by atoms with Gasteiger partial charge in [0.1, 0.15) is 5.65 Å². The molecule has 0 amide bonds. The van der Waals surface area contributed by atoms with Crippen molar-refractivity contribution in [1.82, 2.24) is 14.5 Å². The minimum absolute atomic E-state index is 0.0311. The van der Waals surface area contributed by atoms with Crippen molar-refractivity contribution in [2.75, 3.05) is 11.9 Å². The number of nitrogens with one attached hydrogen (secondary N) is 1. The number of benzene rings is 1. The van der Waals surface area contributed by atoms with E-state index in [0.717, 1.165) is 48.6 Å². The van der Waals surface area contributed by atoms with Crippen molar-refractivity contribution < 1.29 is 5.11 Å². The predicted octanol–water partition coefficient (Wildman–Crippen LogP) is 4.28. The molecule has 0 unspecified atom stereocenters. The average molecular weight is 393 g/mol. The Balaban J connectivity index is 1.93. The summed E-state index contributed by atoms with van der Waals surface area (Å²) >= 11 is 0. The van der Waals surface area contributed by atoms with Crippen molar-refractivity contribution in [3.8, 4) is 0 Å². The first-order valence-electron chi connectivity index (χ1n) is 10.5. The monoisotopic (exact) mass is 392 g/mol. The van der Waals surface area contributed by atoms with Crippen LogP contribution in [-0.4, -0.2) is 32.3 Å². The first-order chi connectivity index (χ1) is 14.1. The van der Waals surface area contributed by atoms with Crippen LogP contribution in [0.4, 0.5) is 5.95 Å². The molecule has 0 atom stereocenters. The number of rotatable bonds is 6. The Hall–Kier alpha value is -2.73. The number of pyridine rings is 1. The third kappa shape index (κ3) is 3.77. The van der Waals surface area contributed by atoms with Crippen molar-refractivity contribution in [2.45, 2.75) is 57.6 Å². The number of nitrogens with zero attached hydrogens (tertiary/aromatic N) is 3. The summed E-state index contributed by atoms with van der Waals surface area (Å²) in [6.07, 6.45) is 8.37. The van der Waals surface area contributed by atoms with Crippen LogP contribution in [0.15, 0.2) is 35.8 Å². The molecule has 1 fully saturated rings.